The van der Waals surface area contributed by atoms with E-state index in [1.807, 2.05) is 6.92 Å². The Labute approximate surface area is 116 Å². The van der Waals surface area contributed by atoms with Crippen LogP contribution in [0, 0.1) is 5.92 Å². The van der Waals surface area contributed by atoms with Crippen LogP contribution >= 0.6 is 0 Å². The lowest BCUT2D eigenvalue weighted by Crippen LogP contribution is -2.38. The van der Waals surface area contributed by atoms with Gasteiger partial charge in [0.25, 0.3) is 0 Å². The van der Waals surface area contributed by atoms with Crippen molar-refractivity contribution in [1.29, 1.82) is 0 Å². The van der Waals surface area contributed by atoms with Gasteiger partial charge in [-0.1, -0.05) is 6.42 Å². The molecule has 1 saturated heterocycles. The second-order valence-corrected chi connectivity index (χ2v) is 5.64. The first-order chi connectivity index (χ1) is 9.31. The normalized spacial score (nSPS) is 26.6. The van der Waals surface area contributed by atoms with Crippen LogP contribution in [0.5, 0.6) is 0 Å². The molecule has 0 aromatic carbocycles. The highest BCUT2D eigenvalue weighted by Gasteiger charge is 2.40. The van der Waals surface area contributed by atoms with Gasteiger partial charge in [-0.2, -0.15) is 0 Å². The molecule has 19 heavy (non-hydrogen) atoms. The van der Waals surface area contributed by atoms with Crippen LogP contribution in [0.3, 0.4) is 0 Å². The summed E-state index contributed by atoms with van der Waals surface area (Å²) in [6, 6.07) is 0.567. The number of unbranched alkanes of at least 4 members (excludes halogenated alkanes) is 2. The summed E-state index contributed by atoms with van der Waals surface area (Å²) in [6.07, 6.45) is 8.05. The summed E-state index contributed by atoms with van der Waals surface area (Å²) in [6.45, 7) is 4.30. The predicted molar refractivity (Wildman–Crippen MR) is 74.0 cm³/mol. The molecule has 2 aliphatic rings. The zero-order chi connectivity index (χ0) is 13.5. The molecular formula is C15H27NO3. The summed E-state index contributed by atoms with van der Waals surface area (Å²) in [5.41, 5.74) is 0. The molecule has 2 fully saturated rings. The smallest absolute Gasteiger partial charge is 0.305 e. The lowest BCUT2D eigenvalue weighted by Gasteiger charge is -2.19. The summed E-state index contributed by atoms with van der Waals surface area (Å²) in [5.74, 6) is 0.761. The Kier molecular flexibility index (Phi) is 6.11. The van der Waals surface area contributed by atoms with E-state index < -0.39 is 0 Å². The number of rotatable bonds is 9. The maximum absolute atomic E-state index is 11.2. The Bertz CT molecular complexity index is 279. The second-order valence-electron chi connectivity index (χ2n) is 5.64. The molecule has 1 N–H and O–H groups in total. The van der Waals surface area contributed by atoms with E-state index in [2.05, 4.69) is 5.32 Å². The second kappa shape index (κ2) is 7.85. The lowest BCUT2D eigenvalue weighted by molar-refractivity contribution is -0.143. The molecule has 1 aliphatic heterocycles. The highest BCUT2D eigenvalue weighted by molar-refractivity contribution is 5.69. The van der Waals surface area contributed by atoms with E-state index in [1.54, 1.807) is 0 Å². The van der Waals surface area contributed by atoms with Gasteiger partial charge in [-0.3, -0.25) is 4.79 Å². The van der Waals surface area contributed by atoms with Gasteiger partial charge < -0.3 is 14.8 Å². The Balaban J connectivity index is 1.46. The molecule has 0 bridgehead atoms. The summed E-state index contributed by atoms with van der Waals surface area (Å²) >= 11 is 0. The van der Waals surface area contributed by atoms with Crippen molar-refractivity contribution in [2.45, 2.75) is 64.0 Å². The third-order valence-electron chi connectivity index (χ3n) is 3.99. The highest BCUT2D eigenvalue weighted by Crippen LogP contribution is 2.38. The van der Waals surface area contributed by atoms with Crippen molar-refractivity contribution < 1.29 is 14.3 Å². The minimum absolute atomic E-state index is 0.0616. The zero-order valence-electron chi connectivity index (χ0n) is 12.0. The minimum atomic E-state index is -0.0616. The SMILES string of the molecule is CCOC(=O)CCCCCNC1CCOC1C1CC1. The van der Waals surface area contributed by atoms with Crippen LogP contribution in [0.2, 0.25) is 0 Å². The van der Waals surface area contributed by atoms with Gasteiger partial charge in [0.15, 0.2) is 0 Å². The molecule has 0 aromatic rings. The van der Waals surface area contributed by atoms with Crippen LogP contribution < -0.4 is 5.32 Å². The lowest BCUT2D eigenvalue weighted by atomic mass is 10.1. The fourth-order valence-electron chi connectivity index (χ4n) is 2.81. The number of esters is 1. The quantitative estimate of drug-likeness (QED) is 0.515. The van der Waals surface area contributed by atoms with Crippen molar-refractivity contribution in [2.75, 3.05) is 19.8 Å². The molecule has 2 unspecified atom stereocenters. The van der Waals surface area contributed by atoms with Crippen molar-refractivity contribution in [3.63, 3.8) is 0 Å². The molecule has 2 atom stereocenters. The van der Waals surface area contributed by atoms with E-state index in [0.717, 1.165) is 44.8 Å². The van der Waals surface area contributed by atoms with E-state index in [-0.39, 0.29) is 5.97 Å². The number of hydrogen-bond donors (Lipinski definition) is 1. The van der Waals surface area contributed by atoms with Crippen LogP contribution in [0.1, 0.15) is 51.9 Å². The van der Waals surface area contributed by atoms with E-state index in [1.165, 1.54) is 12.8 Å². The van der Waals surface area contributed by atoms with E-state index in [0.29, 0.717) is 25.2 Å². The zero-order valence-corrected chi connectivity index (χ0v) is 12.0. The van der Waals surface area contributed by atoms with Crippen molar-refractivity contribution in [3.05, 3.63) is 0 Å². The van der Waals surface area contributed by atoms with Gasteiger partial charge in [-0.25, -0.2) is 0 Å². The first kappa shape index (κ1) is 14.8. The van der Waals surface area contributed by atoms with Crippen molar-refractivity contribution in [1.82, 2.24) is 5.32 Å². The van der Waals surface area contributed by atoms with Gasteiger partial charge in [0.2, 0.25) is 0 Å². The average molecular weight is 269 g/mol. The van der Waals surface area contributed by atoms with Crippen molar-refractivity contribution in [3.8, 4) is 0 Å². The topological polar surface area (TPSA) is 47.6 Å². The molecule has 4 heteroatoms. The van der Waals surface area contributed by atoms with E-state index in [4.69, 9.17) is 9.47 Å². The highest BCUT2D eigenvalue weighted by atomic mass is 16.5. The number of hydrogen-bond acceptors (Lipinski definition) is 4. The van der Waals surface area contributed by atoms with Gasteiger partial charge in [-0.15, -0.1) is 0 Å². The van der Waals surface area contributed by atoms with Gasteiger partial charge >= 0.3 is 5.97 Å². The number of carbonyl (C=O) groups is 1. The van der Waals surface area contributed by atoms with Gasteiger partial charge in [0.1, 0.15) is 0 Å². The Morgan fingerprint density at radius 1 is 1.26 bits per heavy atom. The summed E-state index contributed by atoms with van der Waals surface area (Å²) in [5, 5.41) is 3.63. The van der Waals surface area contributed by atoms with Crippen LogP contribution in [-0.4, -0.2) is 37.9 Å². The Morgan fingerprint density at radius 3 is 2.84 bits per heavy atom. The first-order valence-corrected chi connectivity index (χ1v) is 7.82. The molecule has 0 radical (unpaired) electrons. The molecule has 1 aliphatic carbocycles. The largest absolute Gasteiger partial charge is 0.466 e. The number of nitrogens with one attached hydrogen (secondary N) is 1. The molecule has 1 heterocycles. The predicted octanol–water partition coefficient (Wildman–Crippen LogP) is 2.27. The van der Waals surface area contributed by atoms with Crippen LogP contribution in [-0.2, 0) is 14.3 Å². The minimum Gasteiger partial charge on any atom is -0.466 e. The maximum atomic E-state index is 11.2. The standard InChI is InChI=1S/C15H27NO3/c1-2-18-14(17)6-4-3-5-10-16-13-9-11-19-15(13)12-7-8-12/h12-13,15-16H,2-11H2,1H3. The fourth-order valence-corrected chi connectivity index (χ4v) is 2.81. The molecule has 110 valence electrons. The third kappa shape index (κ3) is 5.11. The van der Waals surface area contributed by atoms with Gasteiger partial charge in [0, 0.05) is 19.1 Å². The Hall–Kier alpha value is -0.610. The van der Waals surface area contributed by atoms with Crippen LogP contribution in [0.4, 0.5) is 0 Å². The third-order valence-corrected chi connectivity index (χ3v) is 3.99. The summed E-state index contributed by atoms with van der Waals surface area (Å²) in [7, 11) is 0. The molecule has 4 nitrogen and oxygen atoms in total. The molecule has 1 saturated carbocycles. The fraction of sp³-hybridized carbons (Fsp3) is 0.933. The first-order valence-electron chi connectivity index (χ1n) is 7.82. The van der Waals surface area contributed by atoms with Crippen molar-refractivity contribution in [2.24, 2.45) is 5.92 Å². The average Bonchev–Trinajstić information content (AvgIpc) is 3.14. The number of carbonyl (C=O) groups excluding carboxylic acids is 1. The maximum Gasteiger partial charge on any atom is 0.305 e. The Morgan fingerprint density at radius 2 is 2.11 bits per heavy atom. The molecule has 0 spiro atoms. The molecule has 0 amide bonds. The number of ether oxygens (including phenoxy) is 2. The summed E-state index contributed by atoms with van der Waals surface area (Å²) in [4.78, 5) is 11.2. The van der Waals surface area contributed by atoms with Crippen LogP contribution in [0.15, 0.2) is 0 Å². The molecule has 2 rings (SSSR count). The van der Waals surface area contributed by atoms with Gasteiger partial charge in [0.05, 0.1) is 12.7 Å². The van der Waals surface area contributed by atoms with E-state index in [9.17, 15) is 4.79 Å². The summed E-state index contributed by atoms with van der Waals surface area (Å²) < 4.78 is 10.7. The molecule has 0 aromatic heterocycles. The monoisotopic (exact) mass is 269 g/mol. The molecular weight excluding hydrogens is 242 g/mol. The van der Waals surface area contributed by atoms with E-state index >= 15 is 0 Å². The van der Waals surface area contributed by atoms with Gasteiger partial charge in [-0.05, 0) is 51.5 Å². The van der Waals surface area contributed by atoms with Crippen LogP contribution in [0.25, 0.3) is 0 Å². The van der Waals surface area contributed by atoms with Crippen molar-refractivity contribution >= 4 is 5.97 Å².